The minimum atomic E-state index is -0.994. The summed E-state index contributed by atoms with van der Waals surface area (Å²) >= 11 is 0. The summed E-state index contributed by atoms with van der Waals surface area (Å²) in [6.45, 7) is 3.39. The summed E-state index contributed by atoms with van der Waals surface area (Å²) < 4.78 is 0. The van der Waals surface area contributed by atoms with Gasteiger partial charge >= 0.3 is 5.97 Å². The van der Waals surface area contributed by atoms with Crippen molar-refractivity contribution in [3.05, 3.63) is 23.0 Å². The molecule has 0 spiro atoms. The fourth-order valence-corrected chi connectivity index (χ4v) is 0.957. The fourth-order valence-electron chi connectivity index (χ4n) is 0.957. The Bertz CT molecular complexity index is 342. The van der Waals surface area contributed by atoms with E-state index in [-0.39, 0.29) is 30.4 Å². The number of carboxylic acids is 1. The first kappa shape index (κ1) is 15.5. The van der Waals surface area contributed by atoms with E-state index in [1.165, 1.54) is 6.07 Å². The molecule has 0 radical (unpaired) electrons. The van der Waals surface area contributed by atoms with Gasteiger partial charge in [-0.25, -0.2) is 4.79 Å². The van der Waals surface area contributed by atoms with Gasteiger partial charge in [-0.3, -0.25) is 4.98 Å². The van der Waals surface area contributed by atoms with E-state index in [1.54, 1.807) is 13.8 Å². The molecule has 3 N–H and O–H groups in total. The van der Waals surface area contributed by atoms with E-state index >= 15 is 0 Å². The normalized spacial score (nSPS) is 8.43. The minimum Gasteiger partial charge on any atom is -0.478 e. The Morgan fingerprint density at radius 3 is 2.29 bits per heavy atom. The maximum absolute atomic E-state index is 10.6. The summed E-state index contributed by atoms with van der Waals surface area (Å²) in [5.41, 5.74) is 7.24. The van der Waals surface area contributed by atoms with Gasteiger partial charge in [-0.1, -0.05) is 0 Å². The van der Waals surface area contributed by atoms with Gasteiger partial charge in [0.2, 0.25) is 0 Å². The van der Waals surface area contributed by atoms with E-state index in [0.717, 1.165) is 0 Å². The second kappa shape index (κ2) is 5.67. The van der Waals surface area contributed by atoms with Gasteiger partial charge in [0.15, 0.2) is 0 Å². The van der Waals surface area contributed by atoms with Crippen LogP contribution in [0.25, 0.3) is 0 Å². The molecule has 4 nitrogen and oxygen atoms in total. The predicted molar refractivity (Wildman–Crippen MR) is 59.6 cm³/mol. The van der Waals surface area contributed by atoms with Crippen molar-refractivity contribution < 1.29 is 9.90 Å². The smallest absolute Gasteiger partial charge is 0.337 e. The molecule has 1 rings (SSSR count). The second-order valence-electron chi connectivity index (χ2n) is 2.60. The van der Waals surface area contributed by atoms with Gasteiger partial charge < -0.3 is 10.8 Å². The van der Waals surface area contributed by atoms with E-state index in [9.17, 15) is 4.79 Å². The fraction of sp³-hybridized carbons (Fsp3) is 0.250. The average molecular weight is 239 g/mol. The first-order valence-electron chi connectivity index (χ1n) is 3.49. The number of pyridine rings is 1. The number of rotatable bonds is 1. The lowest BCUT2D eigenvalue weighted by atomic mass is 10.1. The van der Waals surface area contributed by atoms with Gasteiger partial charge in [-0.15, -0.1) is 24.8 Å². The van der Waals surface area contributed by atoms with Crippen molar-refractivity contribution in [1.29, 1.82) is 0 Å². The van der Waals surface area contributed by atoms with Crippen molar-refractivity contribution in [2.24, 2.45) is 0 Å². The summed E-state index contributed by atoms with van der Waals surface area (Å²) in [5, 5.41) is 8.69. The number of hydrogen-bond acceptors (Lipinski definition) is 3. The molecular formula is C8H12Cl2N2O2. The number of anilines is 1. The van der Waals surface area contributed by atoms with E-state index < -0.39 is 5.97 Å². The van der Waals surface area contributed by atoms with Crippen molar-refractivity contribution in [2.75, 3.05) is 5.73 Å². The van der Waals surface area contributed by atoms with Crippen LogP contribution in [-0.4, -0.2) is 16.1 Å². The summed E-state index contributed by atoms with van der Waals surface area (Å²) in [6.07, 6.45) is 0. The predicted octanol–water partition coefficient (Wildman–Crippen LogP) is 1.82. The van der Waals surface area contributed by atoms with Crippen molar-refractivity contribution >= 4 is 36.5 Å². The number of aromatic carboxylic acids is 1. The largest absolute Gasteiger partial charge is 0.478 e. The molecule has 1 heterocycles. The van der Waals surface area contributed by atoms with E-state index in [4.69, 9.17) is 10.8 Å². The minimum absolute atomic E-state index is 0. The van der Waals surface area contributed by atoms with Crippen LogP contribution in [0.15, 0.2) is 6.07 Å². The number of carboxylic acid groups (broad SMARTS) is 1. The molecule has 0 saturated heterocycles. The van der Waals surface area contributed by atoms with E-state index in [0.29, 0.717) is 17.1 Å². The molecule has 0 fully saturated rings. The molecule has 0 aromatic carbocycles. The highest BCUT2D eigenvalue weighted by Gasteiger charge is 2.09. The molecule has 1 aromatic rings. The lowest BCUT2D eigenvalue weighted by molar-refractivity contribution is 0.0695. The molecule has 80 valence electrons. The quantitative estimate of drug-likeness (QED) is 0.783. The number of nitrogens with zero attached hydrogens (tertiary/aromatic N) is 1. The van der Waals surface area contributed by atoms with Crippen LogP contribution in [0, 0.1) is 13.8 Å². The van der Waals surface area contributed by atoms with Crippen LogP contribution in [0.4, 0.5) is 5.69 Å². The second-order valence-corrected chi connectivity index (χ2v) is 2.60. The molecule has 0 amide bonds. The Morgan fingerprint density at radius 2 is 1.86 bits per heavy atom. The maximum Gasteiger partial charge on any atom is 0.337 e. The van der Waals surface area contributed by atoms with Crippen molar-refractivity contribution in [2.45, 2.75) is 13.8 Å². The number of halogens is 2. The maximum atomic E-state index is 10.6. The third-order valence-corrected chi connectivity index (χ3v) is 1.67. The van der Waals surface area contributed by atoms with E-state index in [2.05, 4.69) is 4.98 Å². The highest BCUT2D eigenvalue weighted by atomic mass is 35.5. The van der Waals surface area contributed by atoms with Crippen molar-refractivity contribution in [1.82, 2.24) is 4.98 Å². The van der Waals surface area contributed by atoms with Crippen LogP contribution in [0.3, 0.4) is 0 Å². The molecule has 0 bridgehead atoms. The highest BCUT2D eigenvalue weighted by Crippen LogP contribution is 2.13. The summed E-state index contributed by atoms with van der Waals surface area (Å²) in [5.74, 6) is -0.994. The number of aromatic nitrogens is 1. The number of nitrogen functional groups attached to an aromatic ring is 1. The van der Waals surface area contributed by atoms with Crippen LogP contribution in [0.2, 0.25) is 0 Å². The van der Waals surface area contributed by atoms with Crippen LogP contribution >= 0.6 is 24.8 Å². The topological polar surface area (TPSA) is 76.2 Å². The molecule has 0 atom stereocenters. The van der Waals surface area contributed by atoms with Crippen LogP contribution in [0.1, 0.15) is 21.7 Å². The van der Waals surface area contributed by atoms with Crippen LogP contribution in [-0.2, 0) is 0 Å². The van der Waals surface area contributed by atoms with Crippen molar-refractivity contribution in [3.63, 3.8) is 0 Å². The van der Waals surface area contributed by atoms with Crippen molar-refractivity contribution in [3.8, 4) is 0 Å². The summed E-state index contributed by atoms with van der Waals surface area (Å²) in [7, 11) is 0. The Morgan fingerprint density at radius 1 is 1.36 bits per heavy atom. The van der Waals surface area contributed by atoms with Crippen LogP contribution in [0.5, 0.6) is 0 Å². The highest BCUT2D eigenvalue weighted by molar-refractivity contribution is 5.89. The molecule has 0 aliphatic rings. The molecule has 1 aromatic heterocycles. The average Bonchev–Trinajstić information content (AvgIpc) is 1.96. The Balaban J connectivity index is 0. The summed E-state index contributed by atoms with van der Waals surface area (Å²) in [6, 6.07) is 1.43. The van der Waals surface area contributed by atoms with Gasteiger partial charge in [-0.2, -0.15) is 0 Å². The third kappa shape index (κ3) is 3.05. The Labute approximate surface area is 94.3 Å². The molecule has 6 heteroatoms. The number of hydrogen-bond donors (Lipinski definition) is 2. The van der Waals surface area contributed by atoms with Gasteiger partial charge in [0.25, 0.3) is 0 Å². The van der Waals surface area contributed by atoms with Gasteiger partial charge in [0.1, 0.15) is 0 Å². The standard InChI is InChI=1S/C8H10N2O2.2ClH/c1-4-6(8(11)12)3-7(9)5(2)10-4;;/h3H,9H2,1-2H3,(H,11,12);2*1H. The van der Waals surface area contributed by atoms with Gasteiger partial charge in [0.05, 0.1) is 22.6 Å². The zero-order valence-corrected chi connectivity index (χ0v) is 9.41. The number of carbonyl (C=O) groups is 1. The molecule has 0 unspecified atom stereocenters. The third-order valence-electron chi connectivity index (χ3n) is 1.67. The van der Waals surface area contributed by atoms with E-state index in [1.807, 2.05) is 0 Å². The Hall–Kier alpha value is -1.000. The SMILES string of the molecule is Cc1nc(C)c(C(=O)O)cc1N.Cl.Cl. The molecule has 0 saturated carbocycles. The van der Waals surface area contributed by atoms with Crippen LogP contribution < -0.4 is 5.73 Å². The molecule has 0 aliphatic heterocycles. The van der Waals surface area contributed by atoms with Gasteiger partial charge in [0, 0.05) is 0 Å². The Kier molecular flexibility index (Phi) is 6.27. The number of nitrogens with two attached hydrogens (primary N) is 1. The lowest BCUT2D eigenvalue weighted by Gasteiger charge is -2.03. The summed E-state index contributed by atoms with van der Waals surface area (Å²) in [4.78, 5) is 14.6. The first-order chi connectivity index (χ1) is 5.52. The zero-order valence-electron chi connectivity index (χ0n) is 7.77. The zero-order chi connectivity index (χ0) is 9.30. The number of aryl methyl sites for hydroxylation is 2. The lowest BCUT2D eigenvalue weighted by Crippen LogP contribution is -2.05. The molecular weight excluding hydrogens is 227 g/mol. The molecule has 14 heavy (non-hydrogen) atoms. The molecule has 0 aliphatic carbocycles. The van der Waals surface area contributed by atoms with Gasteiger partial charge in [-0.05, 0) is 19.9 Å². The monoisotopic (exact) mass is 238 g/mol. The first-order valence-corrected chi connectivity index (χ1v) is 3.49.